The first-order chi connectivity index (χ1) is 9.51. The van der Waals surface area contributed by atoms with Crippen LogP contribution >= 0.6 is 11.6 Å². The van der Waals surface area contributed by atoms with Crippen molar-refractivity contribution in [1.82, 2.24) is 0 Å². The second-order valence-corrected chi connectivity index (χ2v) is 4.46. The predicted molar refractivity (Wildman–Crippen MR) is 76.9 cm³/mol. The highest BCUT2D eigenvalue weighted by Crippen LogP contribution is 2.32. The van der Waals surface area contributed by atoms with Gasteiger partial charge >= 0.3 is 5.97 Å². The fraction of sp³-hybridized carbons (Fsp3) is 0.0714. The number of nitrogen functional groups attached to an aromatic ring is 1. The van der Waals surface area contributed by atoms with Crippen molar-refractivity contribution in [2.24, 2.45) is 0 Å². The Morgan fingerprint density at radius 3 is 2.75 bits per heavy atom. The van der Waals surface area contributed by atoms with Gasteiger partial charge in [0.05, 0.1) is 23.4 Å². The molecule has 6 heteroatoms. The van der Waals surface area contributed by atoms with Gasteiger partial charge in [-0.15, -0.1) is 0 Å². The average Bonchev–Trinajstić information content (AvgIpc) is 2.40. The minimum Gasteiger partial charge on any atom is -0.465 e. The summed E-state index contributed by atoms with van der Waals surface area (Å²) in [6, 6.07) is 8.73. The molecule has 0 heterocycles. The van der Waals surface area contributed by atoms with Crippen molar-refractivity contribution in [3.05, 3.63) is 52.8 Å². The van der Waals surface area contributed by atoms with Crippen LogP contribution in [0.4, 0.5) is 21.5 Å². The van der Waals surface area contributed by atoms with Crippen molar-refractivity contribution in [1.29, 1.82) is 0 Å². The lowest BCUT2D eigenvalue weighted by Crippen LogP contribution is -2.07. The molecule has 2 aromatic rings. The molecule has 0 radical (unpaired) electrons. The molecule has 0 aliphatic heterocycles. The zero-order chi connectivity index (χ0) is 14.7. The summed E-state index contributed by atoms with van der Waals surface area (Å²) in [6.45, 7) is 0. The fourth-order valence-corrected chi connectivity index (χ4v) is 2.01. The number of halogens is 2. The number of carbonyl (C=O) groups excluding carboxylic acids is 1. The Morgan fingerprint density at radius 2 is 2.10 bits per heavy atom. The van der Waals surface area contributed by atoms with E-state index in [1.165, 1.54) is 31.4 Å². The molecule has 0 fully saturated rings. The molecule has 0 atom stereocenters. The second-order valence-electron chi connectivity index (χ2n) is 4.05. The molecule has 0 aliphatic rings. The number of esters is 1. The zero-order valence-corrected chi connectivity index (χ0v) is 11.4. The highest BCUT2D eigenvalue weighted by Gasteiger charge is 2.16. The number of methoxy groups -OCH3 is 1. The van der Waals surface area contributed by atoms with Gasteiger partial charge in [0.2, 0.25) is 0 Å². The summed E-state index contributed by atoms with van der Waals surface area (Å²) >= 11 is 6.08. The molecule has 0 amide bonds. The molecule has 4 nitrogen and oxygen atoms in total. The standard InChI is InChI=1S/C14H12ClFN2O2/c1-20-14(19)11-6-9(17)7-12(15)13(11)18-10-4-2-3-8(16)5-10/h2-7,18H,17H2,1H3. The van der Waals surface area contributed by atoms with Crippen LogP contribution in [0, 0.1) is 5.82 Å². The van der Waals surface area contributed by atoms with E-state index in [2.05, 4.69) is 10.1 Å². The largest absolute Gasteiger partial charge is 0.465 e. The Kier molecular flexibility index (Phi) is 4.10. The lowest BCUT2D eigenvalue weighted by Gasteiger charge is -2.13. The number of anilines is 3. The van der Waals surface area contributed by atoms with Gasteiger partial charge < -0.3 is 15.8 Å². The summed E-state index contributed by atoms with van der Waals surface area (Å²) in [5.74, 6) is -0.987. The van der Waals surface area contributed by atoms with Gasteiger partial charge in [-0.2, -0.15) is 0 Å². The first kappa shape index (κ1) is 14.1. The number of carbonyl (C=O) groups is 1. The molecular weight excluding hydrogens is 283 g/mol. The van der Waals surface area contributed by atoms with E-state index in [9.17, 15) is 9.18 Å². The van der Waals surface area contributed by atoms with Crippen LogP contribution in [-0.4, -0.2) is 13.1 Å². The maximum Gasteiger partial charge on any atom is 0.340 e. The van der Waals surface area contributed by atoms with Crippen LogP contribution in [-0.2, 0) is 4.74 Å². The van der Waals surface area contributed by atoms with Gasteiger partial charge in [-0.25, -0.2) is 9.18 Å². The predicted octanol–water partition coefficient (Wildman–Crippen LogP) is 3.59. The summed E-state index contributed by atoms with van der Waals surface area (Å²) in [5, 5.41) is 3.14. The summed E-state index contributed by atoms with van der Waals surface area (Å²) in [7, 11) is 1.26. The minimum absolute atomic E-state index is 0.182. The molecule has 3 N–H and O–H groups in total. The maximum atomic E-state index is 13.2. The van der Waals surface area contributed by atoms with Crippen LogP contribution in [0.5, 0.6) is 0 Å². The normalized spacial score (nSPS) is 10.2. The van der Waals surface area contributed by atoms with E-state index in [-0.39, 0.29) is 10.6 Å². The van der Waals surface area contributed by atoms with Crippen molar-refractivity contribution in [2.75, 3.05) is 18.2 Å². The first-order valence-corrected chi connectivity index (χ1v) is 6.09. The lowest BCUT2D eigenvalue weighted by atomic mass is 10.1. The van der Waals surface area contributed by atoms with Crippen molar-refractivity contribution in [3.8, 4) is 0 Å². The van der Waals surface area contributed by atoms with Crippen molar-refractivity contribution >= 4 is 34.6 Å². The minimum atomic E-state index is -0.585. The van der Waals surface area contributed by atoms with Crippen LogP contribution in [0.15, 0.2) is 36.4 Å². The van der Waals surface area contributed by atoms with Gasteiger partial charge in [0.1, 0.15) is 5.82 Å². The summed E-state index contributed by atoms with van der Waals surface area (Å²) < 4.78 is 17.9. The third kappa shape index (κ3) is 3.00. The number of benzene rings is 2. The molecule has 0 aliphatic carbocycles. The Labute approximate surface area is 120 Å². The molecule has 0 saturated carbocycles. The fourth-order valence-electron chi connectivity index (χ4n) is 1.74. The van der Waals surface area contributed by atoms with Gasteiger partial charge in [0.15, 0.2) is 0 Å². The van der Waals surface area contributed by atoms with Crippen LogP contribution in [0.2, 0.25) is 5.02 Å². The Hall–Kier alpha value is -2.27. The van der Waals surface area contributed by atoms with Gasteiger partial charge in [0, 0.05) is 11.4 Å². The van der Waals surface area contributed by atoms with Crippen LogP contribution in [0.1, 0.15) is 10.4 Å². The second kappa shape index (κ2) is 5.79. The topological polar surface area (TPSA) is 64.3 Å². The highest BCUT2D eigenvalue weighted by molar-refractivity contribution is 6.34. The molecule has 0 unspecified atom stereocenters. The Bertz CT molecular complexity index is 662. The van der Waals surface area contributed by atoms with Crippen LogP contribution in [0.3, 0.4) is 0 Å². The highest BCUT2D eigenvalue weighted by atomic mass is 35.5. The number of rotatable bonds is 3. The summed E-state index contributed by atoms with van der Waals surface area (Å²) in [5.41, 5.74) is 6.95. The van der Waals surface area contributed by atoms with Crippen molar-refractivity contribution in [3.63, 3.8) is 0 Å². The van der Waals surface area contributed by atoms with E-state index in [0.717, 1.165) is 0 Å². The zero-order valence-electron chi connectivity index (χ0n) is 10.6. The van der Waals surface area contributed by atoms with E-state index in [1.54, 1.807) is 12.1 Å². The number of nitrogens with two attached hydrogens (primary N) is 1. The van der Waals surface area contributed by atoms with Crippen molar-refractivity contribution in [2.45, 2.75) is 0 Å². The van der Waals surface area contributed by atoms with Gasteiger partial charge in [-0.3, -0.25) is 0 Å². The SMILES string of the molecule is COC(=O)c1cc(N)cc(Cl)c1Nc1cccc(F)c1. The molecule has 2 aromatic carbocycles. The van der Waals surface area contributed by atoms with E-state index in [4.69, 9.17) is 17.3 Å². The molecule has 0 spiro atoms. The maximum absolute atomic E-state index is 13.2. The summed E-state index contributed by atoms with van der Waals surface area (Å²) in [6.07, 6.45) is 0. The molecule has 0 saturated heterocycles. The Morgan fingerprint density at radius 1 is 1.35 bits per heavy atom. The monoisotopic (exact) mass is 294 g/mol. The quantitative estimate of drug-likeness (QED) is 0.671. The third-order valence-corrected chi connectivity index (χ3v) is 2.91. The van der Waals surface area contributed by atoms with Gasteiger partial charge in [0.25, 0.3) is 0 Å². The van der Waals surface area contributed by atoms with E-state index >= 15 is 0 Å². The average molecular weight is 295 g/mol. The van der Waals surface area contributed by atoms with E-state index in [1.807, 2.05) is 0 Å². The number of hydrogen-bond acceptors (Lipinski definition) is 4. The molecule has 104 valence electrons. The molecule has 0 bridgehead atoms. The number of nitrogens with one attached hydrogen (secondary N) is 1. The summed E-state index contributed by atoms with van der Waals surface area (Å²) in [4.78, 5) is 11.7. The first-order valence-electron chi connectivity index (χ1n) is 5.71. The van der Waals surface area contributed by atoms with Crippen molar-refractivity contribution < 1.29 is 13.9 Å². The molecule has 0 aromatic heterocycles. The van der Waals surface area contributed by atoms with Gasteiger partial charge in [-0.1, -0.05) is 17.7 Å². The smallest absolute Gasteiger partial charge is 0.340 e. The number of ether oxygens (including phenoxy) is 1. The molecule has 2 rings (SSSR count). The molecular formula is C14H12ClFN2O2. The van der Waals surface area contributed by atoms with Crippen LogP contribution in [0.25, 0.3) is 0 Å². The lowest BCUT2D eigenvalue weighted by molar-refractivity contribution is 0.0602. The Balaban J connectivity index is 2.47. The van der Waals surface area contributed by atoms with E-state index < -0.39 is 11.8 Å². The van der Waals surface area contributed by atoms with Gasteiger partial charge in [-0.05, 0) is 30.3 Å². The molecule has 20 heavy (non-hydrogen) atoms. The van der Waals surface area contributed by atoms with E-state index in [0.29, 0.717) is 17.1 Å². The van der Waals surface area contributed by atoms with Crippen LogP contribution < -0.4 is 11.1 Å². The third-order valence-electron chi connectivity index (χ3n) is 2.61. The number of hydrogen-bond donors (Lipinski definition) is 2.